The Morgan fingerprint density at radius 3 is 2.67 bits per heavy atom. The molecule has 0 aromatic heterocycles. The molecule has 1 aliphatic rings. The van der Waals surface area contributed by atoms with E-state index in [-0.39, 0.29) is 10.5 Å². The molecule has 0 bridgehead atoms. The minimum atomic E-state index is -3.67. The van der Waals surface area contributed by atoms with Crippen molar-refractivity contribution in [2.75, 3.05) is 6.54 Å². The number of carboxylic acids is 1. The van der Waals surface area contributed by atoms with Crippen LogP contribution in [0.1, 0.15) is 42.1 Å². The van der Waals surface area contributed by atoms with Gasteiger partial charge in [0.25, 0.3) is 0 Å². The number of carbonyl (C=O) groups is 1. The van der Waals surface area contributed by atoms with Crippen molar-refractivity contribution < 1.29 is 18.3 Å². The number of benzene rings is 1. The van der Waals surface area contributed by atoms with Gasteiger partial charge in [-0.1, -0.05) is 25.8 Å². The highest BCUT2D eigenvalue weighted by Gasteiger charge is 2.26. The van der Waals surface area contributed by atoms with Gasteiger partial charge >= 0.3 is 5.97 Å². The maximum absolute atomic E-state index is 12.4. The van der Waals surface area contributed by atoms with Crippen LogP contribution >= 0.6 is 0 Å². The van der Waals surface area contributed by atoms with Gasteiger partial charge in [0.05, 0.1) is 10.5 Å². The fourth-order valence-electron chi connectivity index (χ4n) is 2.84. The second kappa shape index (κ2) is 6.15. The Balaban J connectivity index is 2.19. The summed E-state index contributed by atoms with van der Waals surface area (Å²) in [6, 6.07) is 4.16. The molecule has 0 spiro atoms. The summed E-state index contributed by atoms with van der Waals surface area (Å²) in [6.45, 7) is 4.22. The molecule has 1 aromatic carbocycles. The molecule has 1 fully saturated rings. The van der Waals surface area contributed by atoms with Gasteiger partial charge in [0, 0.05) is 6.54 Å². The van der Waals surface area contributed by atoms with E-state index < -0.39 is 16.0 Å². The fourth-order valence-corrected chi connectivity index (χ4v) is 4.21. The molecule has 116 valence electrons. The summed E-state index contributed by atoms with van der Waals surface area (Å²) in [4.78, 5) is 11.0. The lowest BCUT2D eigenvalue weighted by atomic mass is 9.99. The Kier molecular flexibility index (Phi) is 4.68. The number of hydrogen-bond acceptors (Lipinski definition) is 3. The Morgan fingerprint density at radius 1 is 1.38 bits per heavy atom. The van der Waals surface area contributed by atoms with Crippen molar-refractivity contribution in [2.45, 2.75) is 38.0 Å². The van der Waals surface area contributed by atoms with E-state index in [2.05, 4.69) is 11.6 Å². The van der Waals surface area contributed by atoms with Gasteiger partial charge in [-0.2, -0.15) is 0 Å². The molecular weight excluding hydrogens is 290 g/mol. The van der Waals surface area contributed by atoms with Gasteiger partial charge in [-0.15, -0.1) is 0 Å². The zero-order chi connectivity index (χ0) is 15.6. The zero-order valence-corrected chi connectivity index (χ0v) is 13.1. The number of sulfonamides is 1. The first kappa shape index (κ1) is 16.0. The largest absolute Gasteiger partial charge is 0.478 e. The van der Waals surface area contributed by atoms with Crippen LogP contribution in [0, 0.1) is 18.8 Å². The molecule has 2 N–H and O–H groups in total. The third kappa shape index (κ3) is 3.63. The average Bonchev–Trinajstić information content (AvgIpc) is 2.82. The summed E-state index contributed by atoms with van der Waals surface area (Å²) in [5.74, 6) is -0.238. The smallest absolute Gasteiger partial charge is 0.335 e. The quantitative estimate of drug-likeness (QED) is 0.874. The number of carboxylic acid groups (broad SMARTS) is 1. The summed E-state index contributed by atoms with van der Waals surface area (Å²) >= 11 is 0. The third-order valence-electron chi connectivity index (χ3n) is 4.30. The highest BCUT2D eigenvalue weighted by molar-refractivity contribution is 7.89. The molecule has 2 atom stereocenters. The van der Waals surface area contributed by atoms with Crippen LogP contribution in [0.5, 0.6) is 0 Å². The van der Waals surface area contributed by atoms with E-state index in [1.807, 2.05) is 0 Å². The number of hydrogen-bond donors (Lipinski definition) is 2. The lowest BCUT2D eigenvalue weighted by molar-refractivity contribution is 0.0696. The molecule has 0 heterocycles. The van der Waals surface area contributed by atoms with Gasteiger partial charge in [-0.3, -0.25) is 0 Å². The zero-order valence-electron chi connectivity index (χ0n) is 12.3. The van der Waals surface area contributed by atoms with Crippen LogP contribution in [-0.2, 0) is 10.0 Å². The molecule has 0 aliphatic heterocycles. The summed E-state index contributed by atoms with van der Waals surface area (Å²) in [5.41, 5.74) is 0.530. The molecule has 0 amide bonds. The lowest BCUT2D eigenvalue weighted by Crippen LogP contribution is -2.31. The minimum Gasteiger partial charge on any atom is -0.478 e. The number of nitrogens with one attached hydrogen (secondary N) is 1. The van der Waals surface area contributed by atoms with Crippen LogP contribution < -0.4 is 4.72 Å². The minimum absolute atomic E-state index is 0.0183. The predicted molar refractivity (Wildman–Crippen MR) is 79.8 cm³/mol. The van der Waals surface area contributed by atoms with E-state index in [1.165, 1.54) is 18.2 Å². The van der Waals surface area contributed by atoms with Gasteiger partial charge in [0.15, 0.2) is 0 Å². The van der Waals surface area contributed by atoms with E-state index in [9.17, 15) is 13.2 Å². The molecule has 2 rings (SSSR count). The molecule has 6 heteroatoms. The molecule has 0 saturated heterocycles. The van der Waals surface area contributed by atoms with Crippen LogP contribution in [0.2, 0.25) is 0 Å². The van der Waals surface area contributed by atoms with E-state index in [0.29, 0.717) is 23.9 Å². The summed E-state index contributed by atoms with van der Waals surface area (Å²) in [6.07, 6.45) is 3.32. The van der Waals surface area contributed by atoms with Crippen molar-refractivity contribution in [1.29, 1.82) is 0 Å². The lowest BCUT2D eigenvalue weighted by Gasteiger charge is -2.17. The fraction of sp³-hybridized carbons (Fsp3) is 0.533. The first-order valence-corrected chi connectivity index (χ1v) is 8.63. The van der Waals surface area contributed by atoms with Crippen LogP contribution in [0.15, 0.2) is 23.1 Å². The molecule has 1 saturated carbocycles. The molecule has 21 heavy (non-hydrogen) atoms. The van der Waals surface area contributed by atoms with Crippen LogP contribution in [0.3, 0.4) is 0 Å². The highest BCUT2D eigenvalue weighted by Crippen LogP contribution is 2.30. The second-order valence-electron chi connectivity index (χ2n) is 5.81. The number of aryl methyl sites for hydroxylation is 1. The van der Waals surface area contributed by atoms with Crippen molar-refractivity contribution in [3.05, 3.63) is 29.3 Å². The first-order chi connectivity index (χ1) is 9.81. The summed E-state index contributed by atoms with van der Waals surface area (Å²) < 4.78 is 27.4. The van der Waals surface area contributed by atoms with E-state index in [1.54, 1.807) is 6.92 Å². The molecule has 5 nitrogen and oxygen atoms in total. The normalized spacial score (nSPS) is 22.4. The third-order valence-corrected chi connectivity index (χ3v) is 5.86. The van der Waals surface area contributed by atoms with Gasteiger partial charge in [-0.05, 0) is 42.9 Å². The van der Waals surface area contributed by atoms with Crippen molar-refractivity contribution in [3.63, 3.8) is 0 Å². The van der Waals surface area contributed by atoms with E-state index >= 15 is 0 Å². The average molecular weight is 311 g/mol. The monoisotopic (exact) mass is 311 g/mol. The molecular formula is C15H21NO4S. The second-order valence-corrected chi connectivity index (χ2v) is 7.54. The van der Waals surface area contributed by atoms with Crippen LogP contribution in [0.25, 0.3) is 0 Å². The summed E-state index contributed by atoms with van der Waals surface area (Å²) in [5, 5.41) is 8.99. The van der Waals surface area contributed by atoms with Gasteiger partial charge in [0.1, 0.15) is 0 Å². The molecule has 1 aromatic rings. The van der Waals surface area contributed by atoms with E-state index in [0.717, 1.165) is 19.3 Å². The Labute approximate surface area is 125 Å². The highest BCUT2D eigenvalue weighted by atomic mass is 32.2. The number of aromatic carboxylic acids is 1. The summed E-state index contributed by atoms with van der Waals surface area (Å²) in [7, 11) is -3.67. The van der Waals surface area contributed by atoms with Gasteiger partial charge < -0.3 is 5.11 Å². The van der Waals surface area contributed by atoms with Crippen molar-refractivity contribution in [1.82, 2.24) is 4.72 Å². The first-order valence-electron chi connectivity index (χ1n) is 7.15. The molecule has 2 unspecified atom stereocenters. The Bertz CT molecular complexity index is 639. The molecule has 1 aliphatic carbocycles. The topological polar surface area (TPSA) is 83.5 Å². The maximum atomic E-state index is 12.4. The Morgan fingerprint density at radius 2 is 2.10 bits per heavy atom. The van der Waals surface area contributed by atoms with Crippen LogP contribution in [0.4, 0.5) is 0 Å². The Hall–Kier alpha value is -1.40. The SMILES string of the molecule is Cc1ccc(C(=O)O)cc1S(=O)(=O)NCC1CCCC1C. The molecule has 0 radical (unpaired) electrons. The maximum Gasteiger partial charge on any atom is 0.335 e. The van der Waals surface area contributed by atoms with Crippen molar-refractivity contribution in [2.24, 2.45) is 11.8 Å². The van der Waals surface area contributed by atoms with Gasteiger partial charge in [-0.25, -0.2) is 17.9 Å². The van der Waals surface area contributed by atoms with E-state index in [4.69, 9.17) is 5.11 Å². The predicted octanol–water partition coefficient (Wildman–Crippen LogP) is 2.41. The van der Waals surface area contributed by atoms with Crippen LogP contribution in [-0.4, -0.2) is 26.0 Å². The van der Waals surface area contributed by atoms with Crippen molar-refractivity contribution >= 4 is 16.0 Å². The standard InChI is InChI=1S/C15H21NO4S/c1-10-4-3-5-13(10)9-16-21(19,20)14-8-12(15(17)18)7-6-11(14)2/h6-8,10,13,16H,3-5,9H2,1-2H3,(H,17,18). The van der Waals surface area contributed by atoms with Gasteiger partial charge in [0.2, 0.25) is 10.0 Å². The van der Waals surface area contributed by atoms with Crippen molar-refractivity contribution in [3.8, 4) is 0 Å². The number of rotatable bonds is 5.